The van der Waals surface area contributed by atoms with Gasteiger partial charge in [0.15, 0.2) is 15.0 Å². The fourth-order valence-electron chi connectivity index (χ4n) is 4.22. The summed E-state index contributed by atoms with van der Waals surface area (Å²) in [6.07, 6.45) is 7.96. The van der Waals surface area contributed by atoms with Crippen LogP contribution in [0.2, 0.25) is 0 Å². The molecule has 1 heterocycles. The van der Waals surface area contributed by atoms with Gasteiger partial charge in [0, 0.05) is 6.26 Å². The number of ether oxygens (including phenoxy) is 1. The first kappa shape index (κ1) is 23.9. The molecule has 1 aliphatic carbocycles. The second-order valence-corrected chi connectivity index (χ2v) is 11.5. The maximum atomic E-state index is 13.3. The lowest BCUT2D eigenvalue weighted by Crippen LogP contribution is -2.23. The largest absolute Gasteiger partial charge is 0.445 e. The van der Waals surface area contributed by atoms with E-state index in [0.717, 1.165) is 18.4 Å². The van der Waals surface area contributed by atoms with Crippen molar-refractivity contribution >= 4 is 32.2 Å². The number of rotatable bonds is 8. The lowest BCUT2D eigenvalue weighted by atomic mass is 9.87. The van der Waals surface area contributed by atoms with E-state index in [9.17, 15) is 13.2 Å². The number of anilines is 1. The molecular formula is C25H25N3O4S2. The van der Waals surface area contributed by atoms with E-state index in [1.807, 2.05) is 0 Å². The number of hydrogen-bond donors (Lipinski definition) is 1. The molecule has 7 nitrogen and oxygen atoms in total. The second kappa shape index (κ2) is 10.4. The minimum atomic E-state index is -3.30. The molecule has 4 rings (SSSR count). The zero-order chi connectivity index (χ0) is 24.1. The summed E-state index contributed by atoms with van der Waals surface area (Å²) >= 11 is 1.20. The monoisotopic (exact) mass is 495 g/mol. The molecular weight excluding hydrogens is 470 g/mol. The summed E-state index contributed by atoms with van der Waals surface area (Å²) in [5.74, 6) is 0.405. The van der Waals surface area contributed by atoms with Crippen molar-refractivity contribution in [2.24, 2.45) is 5.92 Å². The van der Waals surface area contributed by atoms with Gasteiger partial charge >= 0.3 is 0 Å². The molecule has 1 fully saturated rings. The highest BCUT2D eigenvalue weighted by Gasteiger charge is 2.27. The molecule has 1 aromatic heterocycles. The highest BCUT2D eigenvalue weighted by atomic mass is 32.2. The van der Waals surface area contributed by atoms with Gasteiger partial charge in [0.2, 0.25) is 11.0 Å². The normalized spacial score (nSPS) is 14.9. The Bertz CT molecular complexity index is 1300. The van der Waals surface area contributed by atoms with Crippen LogP contribution in [0.5, 0.6) is 10.8 Å². The van der Waals surface area contributed by atoms with Crippen molar-refractivity contribution in [1.29, 1.82) is 5.26 Å². The summed E-state index contributed by atoms with van der Waals surface area (Å²) in [6.45, 7) is 0. The van der Waals surface area contributed by atoms with E-state index in [1.54, 1.807) is 48.5 Å². The first-order valence-corrected chi connectivity index (χ1v) is 13.8. The predicted molar refractivity (Wildman–Crippen MR) is 131 cm³/mol. The van der Waals surface area contributed by atoms with Crippen LogP contribution >= 0.6 is 11.3 Å². The molecule has 1 atom stereocenters. The summed E-state index contributed by atoms with van der Waals surface area (Å²) in [6, 6.07) is 15.5. The van der Waals surface area contributed by atoms with E-state index in [4.69, 9.17) is 10.00 Å². The van der Waals surface area contributed by atoms with E-state index in [0.29, 0.717) is 33.8 Å². The maximum absolute atomic E-state index is 13.3. The minimum absolute atomic E-state index is 0.175. The van der Waals surface area contributed by atoms with E-state index in [2.05, 4.69) is 16.4 Å². The Morgan fingerprint density at radius 3 is 2.65 bits per heavy atom. The third-order valence-electron chi connectivity index (χ3n) is 5.97. The van der Waals surface area contributed by atoms with E-state index >= 15 is 0 Å². The van der Waals surface area contributed by atoms with Crippen molar-refractivity contribution in [2.75, 3.05) is 11.6 Å². The Morgan fingerprint density at radius 1 is 1.24 bits per heavy atom. The van der Waals surface area contributed by atoms with E-state index in [1.165, 1.54) is 36.6 Å². The molecule has 176 valence electrons. The number of nitriles is 1. The Kier molecular flexibility index (Phi) is 7.29. The van der Waals surface area contributed by atoms with Crippen LogP contribution in [0.3, 0.4) is 0 Å². The van der Waals surface area contributed by atoms with Gasteiger partial charge in [-0.15, -0.1) is 0 Å². The summed E-state index contributed by atoms with van der Waals surface area (Å²) < 4.78 is 29.4. The fraction of sp³-hybridized carbons (Fsp3) is 0.320. The number of carbonyl (C=O) groups is 1. The van der Waals surface area contributed by atoms with Crippen molar-refractivity contribution in [3.63, 3.8) is 0 Å². The average molecular weight is 496 g/mol. The third-order valence-corrected chi connectivity index (χ3v) is 7.89. The van der Waals surface area contributed by atoms with Gasteiger partial charge in [-0.1, -0.05) is 55.2 Å². The number of nitrogens with zero attached hydrogens (tertiary/aromatic N) is 2. The Balaban J connectivity index is 1.49. The van der Waals surface area contributed by atoms with Gasteiger partial charge < -0.3 is 10.1 Å². The number of benzene rings is 2. The maximum Gasteiger partial charge on any atom is 0.233 e. The van der Waals surface area contributed by atoms with Crippen LogP contribution in [0.15, 0.2) is 59.6 Å². The lowest BCUT2D eigenvalue weighted by Gasteiger charge is -2.20. The zero-order valence-corrected chi connectivity index (χ0v) is 20.4. The standard InChI is InChI=1S/C25H25N3O4S2/c1-34(30,31)21-11-9-19(10-12-21)22(14-17-5-2-3-6-17)24(29)28-25-27-16-23(33-25)32-20-8-4-7-18(13-20)15-26/h4,7-13,16-17,22H,2-3,5-6,14H2,1H3,(H,27,28,29)/t22-/m1/s1. The van der Waals surface area contributed by atoms with Gasteiger partial charge in [-0.05, 0) is 48.2 Å². The molecule has 34 heavy (non-hydrogen) atoms. The highest BCUT2D eigenvalue weighted by Crippen LogP contribution is 2.36. The lowest BCUT2D eigenvalue weighted by molar-refractivity contribution is -0.118. The topological polar surface area (TPSA) is 109 Å². The molecule has 0 unspecified atom stereocenters. The molecule has 0 radical (unpaired) electrons. The van der Waals surface area contributed by atoms with Gasteiger partial charge in [0.1, 0.15) is 5.75 Å². The molecule has 0 bridgehead atoms. The first-order chi connectivity index (χ1) is 16.3. The third kappa shape index (κ3) is 6.01. The van der Waals surface area contributed by atoms with Gasteiger partial charge in [0.05, 0.1) is 28.6 Å². The molecule has 2 aromatic carbocycles. The minimum Gasteiger partial charge on any atom is -0.445 e. The first-order valence-electron chi connectivity index (χ1n) is 11.1. The van der Waals surface area contributed by atoms with Gasteiger partial charge in [0.25, 0.3) is 0 Å². The summed E-state index contributed by atoms with van der Waals surface area (Å²) in [5.41, 5.74) is 1.28. The molecule has 9 heteroatoms. The summed E-state index contributed by atoms with van der Waals surface area (Å²) in [5, 5.41) is 12.9. The number of aromatic nitrogens is 1. The number of thiazole rings is 1. The predicted octanol–water partition coefficient (Wildman–Crippen LogP) is 5.51. The number of nitrogens with one attached hydrogen (secondary N) is 1. The fourth-order valence-corrected chi connectivity index (χ4v) is 5.54. The molecule has 0 spiro atoms. The summed E-state index contributed by atoms with van der Waals surface area (Å²) in [4.78, 5) is 17.8. The highest BCUT2D eigenvalue weighted by molar-refractivity contribution is 7.90. The van der Waals surface area contributed by atoms with E-state index in [-0.39, 0.29) is 10.8 Å². The van der Waals surface area contributed by atoms with Crippen LogP contribution in [0.1, 0.15) is 49.1 Å². The van der Waals surface area contributed by atoms with Crippen LogP contribution in [0.25, 0.3) is 0 Å². The molecule has 1 saturated carbocycles. The molecule has 1 N–H and O–H groups in total. The van der Waals surface area contributed by atoms with Gasteiger partial charge in [-0.2, -0.15) is 5.26 Å². The molecule has 0 aliphatic heterocycles. The Hall–Kier alpha value is -3.22. The van der Waals surface area contributed by atoms with Crippen molar-refractivity contribution < 1.29 is 17.9 Å². The van der Waals surface area contributed by atoms with Crippen LogP contribution in [0.4, 0.5) is 5.13 Å². The van der Waals surface area contributed by atoms with Crippen LogP contribution in [-0.4, -0.2) is 25.6 Å². The van der Waals surface area contributed by atoms with Gasteiger partial charge in [-0.3, -0.25) is 4.79 Å². The number of hydrogen-bond acceptors (Lipinski definition) is 7. The number of amides is 1. The Labute approximate surface area is 203 Å². The van der Waals surface area contributed by atoms with Crippen LogP contribution in [-0.2, 0) is 14.6 Å². The zero-order valence-electron chi connectivity index (χ0n) is 18.7. The molecule has 0 saturated heterocycles. The second-order valence-electron chi connectivity index (χ2n) is 8.50. The number of carbonyl (C=O) groups excluding carboxylic acids is 1. The van der Waals surface area contributed by atoms with Crippen molar-refractivity contribution in [2.45, 2.75) is 42.9 Å². The molecule has 1 amide bonds. The summed E-state index contributed by atoms with van der Waals surface area (Å²) in [7, 11) is -3.30. The quantitative estimate of drug-likeness (QED) is 0.441. The Morgan fingerprint density at radius 2 is 1.97 bits per heavy atom. The van der Waals surface area contributed by atoms with Gasteiger partial charge in [-0.25, -0.2) is 13.4 Å². The number of sulfone groups is 1. The smallest absolute Gasteiger partial charge is 0.233 e. The van der Waals surface area contributed by atoms with Crippen molar-refractivity contribution in [1.82, 2.24) is 4.98 Å². The average Bonchev–Trinajstić information content (AvgIpc) is 3.49. The van der Waals surface area contributed by atoms with Crippen LogP contribution < -0.4 is 10.1 Å². The van der Waals surface area contributed by atoms with Crippen molar-refractivity contribution in [3.05, 3.63) is 65.9 Å². The SMILES string of the molecule is CS(=O)(=O)c1ccc([C@@H](CC2CCCC2)C(=O)Nc2ncc(Oc3cccc(C#N)c3)s2)cc1. The molecule has 3 aromatic rings. The van der Waals surface area contributed by atoms with Crippen molar-refractivity contribution in [3.8, 4) is 16.9 Å². The van der Waals surface area contributed by atoms with E-state index < -0.39 is 15.8 Å². The van der Waals surface area contributed by atoms with Crippen LogP contribution in [0, 0.1) is 17.2 Å². The molecule has 1 aliphatic rings.